The van der Waals surface area contributed by atoms with Crippen LogP contribution >= 0.6 is 7.82 Å². The molecule has 0 aromatic heterocycles. The molecular weight excluding hydrogens is 188 g/mol. The van der Waals surface area contributed by atoms with Crippen LogP contribution in [0.15, 0.2) is 0 Å². The molecule has 0 spiro atoms. The monoisotopic (exact) mass is 194 g/mol. The first-order chi connectivity index (χ1) is 2.00. The predicted octanol–water partition coefficient (Wildman–Crippen LogP) is -2.38. The number of phosphoric acid groups is 1. The van der Waals surface area contributed by atoms with E-state index in [1.165, 1.54) is 0 Å². The molecule has 42 valence electrons. The maximum absolute atomic E-state index is 8.88. The predicted molar refractivity (Wildman–Crippen MR) is 25.6 cm³/mol. The van der Waals surface area contributed by atoms with Crippen molar-refractivity contribution in [3.05, 3.63) is 0 Å². The van der Waals surface area contributed by atoms with Crippen molar-refractivity contribution in [3.8, 4) is 0 Å². The second-order valence-electron chi connectivity index (χ2n) is 0.513. The molecule has 0 amide bonds. The van der Waals surface area contributed by atoms with Gasteiger partial charge in [-0.3, -0.25) is 0 Å². The molecule has 0 fully saturated rings. The maximum atomic E-state index is 8.88. The first-order valence-corrected chi connectivity index (χ1v) is 2.35. The summed E-state index contributed by atoms with van der Waals surface area (Å²) in [6.45, 7) is 0. The molecule has 0 aromatic rings. The molecule has 0 rings (SSSR count). The van der Waals surface area contributed by atoms with Crippen molar-refractivity contribution < 1.29 is 38.7 Å². The van der Waals surface area contributed by atoms with Crippen LogP contribution in [0.5, 0.6) is 0 Å². The van der Waals surface area contributed by atoms with Crippen LogP contribution in [0, 0.1) is 0 Å². The van der Waals surface area contributed by atoms with Gasteiger partial charge in [-0.15, -0.1) is 0 Å². The van der Waals surface area contributed by atoms with Gasteiger partial charge in [-0.05, 0) is 11.0 Å². The SMILES string of the molecule is O=P(O)(O)O.[SiH4].[Zn]. The molecule has 0 aliphatic rings. The van der Waals surface area contributed by atoms with Gasteiger partial charge in [0, 0.05) is 19.5 Å². The summed E-state index contributed by atoms with van der Waals surface area (Å²) in [5.41, 5.74) is 0. The third kappa shape index (κ3) is 189. The standard InChI is InChI=1S/H3O4P.H4Si.Zn/c1-5(2,3)4;;/h(H3,1,2,3,4);1H4;. The van der Waals surface area contributed by atoms with E-state index in [1.807, 2.05) is 0 Å². The molecule has 4 nitrogen and oxygen atoms in total. The van der Waals surface area contributed by atoms with Crippen LogP contribution in [0.1, 0.15) is 0 Å². The minimum Gasteiger partial charge on any atom is -0.303 e. The largest absolute Gasteiger partial charge is 0.466 e. The Balaban J connectivity index is -0.0000000800. The van der Waals surface area contributed by atoms with Crippen LogP contribution in [-0.4, -0.2) is 25.6 Å². The van der Waals surface area contributed by atoms with E-state index in [0.717, 1.165) is 0 Å². The van der Waals surface area contributed by atoms with Gasteiger partial charge < -0.3 is 14.7 Å². The van der Waals surface area contributed by atoms with Crippen LogP contribution in [0.4, 0.5) is 0 Å². The van der Waals surface area contributed by atoms with Crippen molar-refractivity contribution in [2.24, 2.45) is 0 Å². The fourth-order valence-electron chi connectivity index (χ4n) is 0. The van der Waals surface area contributed by atoms with Gasteiger partial charge in [0.25, 0.3) is 0 Å². The summed E-state index contributed by atoms with van der Waals surface area (Å²) in [6, 6.07) is 0. The van der Waals surface area contributed by atoms with Crippen molar-refractivity contribution in [2.45, 2.75) is 0 Å². The summed E-state index contributed by atoms with van der Waals surface area (Å²) >= 11 is 0. The Hall–Kier alpha value is 0.950. The minimum absolute atomic E-state index is 0. The fourth-order valence-corrected chi connectivity index (χ4v) is 0. The van der Waals surface area contributed by atoms with Gasteiger partial charge >= 0.3 is 7.82 Å². The third-order valence-electron chi connectivity index (χ3n) is 0. The molecule has 0 heterocycles. The molecule has 0 saturated carbocycles. The quantitative estimate of drug-likeness (QED) is 0.298. The Labute approximate surface area is 58.0 Å². The average molecular weight is 196 g/mol. The van der Waals surface area contributed by atoms with Crippen molar-refractivity contribution in [3.63, 3.8) is 0 Å². The summed E-state index contributed by atoms with van der Waals surface area (Å²) in [6.07, 6.45) is 0. The van der Waals surface area contributed by atoms with Crippen LogP contribution < -0.4 is 0 Å². The van der Waals surface area contributed by atoms with E-state index in [2.05, 4.69) is 0 Å². The first-order valence-electron chi connectivity index (χ1n) is 0.783. The summed E-state index contributed by atoms with van der Waals surface area (Å²) in [5, 5.41) is 0. The molecular formula is H7O4PSiZn. The Kier molecular flexibility index (Phi) is 11.4. The molecule has 0 aliphatic carbocycles. The van der Waals surface area contributed by atoms with E-state index >= 15 is 0 Å². The van der Waals surface area contributed by atoms with Gasteiger partial charge in [0.1, 0.15) is 0 Å². The van der Waals surface area contributed by atoms with Gasteiger partial charge in [0.2, 0.25) is 0 Å². The minimum atomic E-state index is -4.64. The fraction of sp³-hybridized carbons (Fsp3) is 0. The molecule has 7 heteroatoms. The number of hydrogen-bond donors (Lipinski definition) is 3. The Morgan fingerprint density at radius 3 is 1.14 bits per heavy atom. The van der Waals surface area contributed by atoms with Gasteiger partial charge in [0.05, 0.1) is 0 Å². The zero-order chi connectivity index (χ0) is 4.50. The van der Waals surface area contributed by atoms with Gasteiger partial charge in [0.15, 0.2) is 0 Å². The number of rotatable bonds is 0. The second-order valence-corrected chi connectivity index (χ2v) is 1.54. The summed E-state index contributed by atoms with van der Waals surface area (Å²) in [7, 11) is -4.64. The van der Waals surface area contributed by atoms with Crippen molar-refractivity contribution in [1.82, 2.24) is 0 Å². The van der Waals surface area contributed by atoms with Crippen molar-refractivity contribution >= 4 is 18.8 Å². The van der Waals surface area contributed by atoms with Crippen LogP contribution in [0.2, 0.25) is 0 Å². The molecule has 0 aromatic carbocycles. The van der Waals surface area contributed by atoms with E-state index in [9.17, 15) is 0 Å². The van der Waals surface area contributed by atoms with Gasteiger partial charge in [-0.25, -0.2) is 4.57 Å². The Bertz CT molecular complexity index is 57.8. The molecule has 3 N–H and O–H groups in total. The second kappa shape index (κ2) is 5.09. The van der Waals surface area contributed by atoms with Crippen molar-refractivity contribution in [2.75, 3.05) is 0 Å². The van der Waals surface area contributed by atoms with E-state index in [0.29, 0.717) is 0 Å². The molecule has 0 saturated heterocycles. The molecule has 7 heavy (non-hydrogen) atoms. The third-order valence-corrected chi connectivity index (χ3v) is 0. The topological polar surface area (TPSA) is 77.8 Å². The normalized spacial score (nSPS) is 8.43. The molecule has 0 radical (unpaired) electrons. The van der Waals surface area contributed by atoms with E-state index in [-0.39, 0.29) is 30.4 Å². The van der Waals surface area contributed by atoms with E-state index in [4.69, 9.17) is 19.2 Å². The molecule has 0 atom stereocenters. The zero-order valence-corrected chi connectivity index (χ0v) is 6.77. The van der Waals surface area contributed by atoms with E-state index in [1.54, 1.807) is 0 Å². The van der Waals surface area contributed by atoms with Crippen LogP contribution in [0.3, 0.4) is 0 Å². The first kappa shape index (κ1) is 15.7. The van der Waals surface area contributed by atoms with Crippen molar-refractivity contribution in [1.29, 1.82) is 0 Å². The Morgan fingerprint density at radius 1 is 1.14 bits per heavy atom. The van der Waals surface area contributed by atoms with Gasteiger partial charge in [-0.2, -0.15) is 0 Å². The Morgan fingerprint density at radius 2 is 1.14 bits per heavy atom. The van der Waals surface area contributed by atoms with Gasteiger partial charge in [-0.1, -0.05) is 0 Å². The smallest absolute Gasteiger partial charge is 0.303 e. The van der Waals surface area contributed by atoms with Crippen LogP contribution in [0.25, 0.3) is 0 Å². The molecule has 0 aliphatic heterocycles. The summed E-state index contributed by atoms with van der Waals surface area (Å²) < 4.78 is 8.88. The molecule has 0 unspecified atom stereocenters. The van der Waals surface area contributed by atoms with Crippen LogP contribution in [-0.2, 0) is 24.0 Å². The summed E-state index contributed by atoms with van der Waals surface area (Å²) in [5.74, 6) is 0. The zero-order valence-electron chi connectivity index (χ0n) is 2.90. The number of hydrogen-bond acceptors (Lipinski definition) is 1. The average Bonchev–Trinajstić information content (AvgIpc) is 0.722. The molecule has 0 bridgehead atoms. The maximum Gasteiger partial charge on any atom is 0.466 e. The van der Waals surface area contributed by atoms with E-state index < -0.39 is 7.82 Å². The summed E-state index contributed by atoms with van der Waals surface area (Å²) in [4.78, 5) is 21.6.